The lowest BCUT2D eigenvalue weighted by molar-refractivity contribution is 0.350. The second-order valence-corrected chi connectivity index (χ2v) is 5.13. The first-order valence-electron chi connectivity index (χ1n) is 4.22. The van der Waals surface area contributed by atoms with E-state index in [1.165, 1.54) is 0 Å². The van der Waals surface area contributed by atoms with Gasteiger partial charge in [0.15, 0.2) is 5.06 Å². The van der Waals surface area contributed by atoms with Gasteiger partial charge in [-0.1, -0.05) is 38.9 Å². The molecule has 0 aliphatic heterocycles. The maximum absolute atomic E-state index is 5.95. The predicted molar refractivity (Wildman–Crippen MR) is 65.7 cm³/mol. The Balaban J connectivity index is 2.58. The molecule has 0 unspecified atom stereocenters. The minimum atomic E-state index is 0.693. The molecule has 0 fully saturated rings. The molecule has 2 aromatic rings. The summed E-state index contributed by atoms with van der Waals surface area (Å²) in [7, 11) is 0. The number of fused-ring (bicyclic) bond motifs is 1. The Bertz CT molecular complexity index is 466. The van der Waals surface area contributed by atoms with Crippen molar-refractivity contribution in [2.24, 2.45) is 0 Å². The Morgan fingerprint density at radius 1 is 1.43 bits per heavy atom. The summed E-state index contributed by atoms with van der Waals surface area (Å²) >= 11 is 11.0. The van der Waals surface area contributed by atoms with Gasteiger partial charge in [-0.05, 0) is 19.1 Å². The van der Waals surface area contributed by atoms with Crippen LogP contribution in [0.5, 0.6) is 5.06 Å². The molecule has 0 aliphatic rings. The molecule has 0 saturated carbocycles. The highest BCUT2D eigenvalue weighted by Gasteiger charge is 2.06. The predicted octanol–water partition coefficient (Wildman–Crippen LogP) is 4.72. The fraction of sp³-hybridized carbons (Fsp3) is 0.200. The lowest BCUT2D eigenvalue weighted by atomic mass is 10.3. The van der Waals surface area contributed by atoms with E-state index in [0.29, 0.717) is 6.61 Å². The molecule has 1 heterocycles. The Morgan fingerprint density at radius 3 is 2.93 bits per heavy atom. The lowest BCUT2D eigenvalue weighted by Crippen LogP contribution is -1.86. The van der Waals surface area contributed by atoms with Crippen LogP contribution in [-0.4, -0.2) is 6.61 Å². The van der Waals surface area contributed by atoms with Crippen molar-refractivity contribution in [1.82, 2.24) is 0 Å². The number of benzene rings is 1. The molecular weight excluding hydrogens is 284 g/mol. The van der Waals surface area contributed by atoms with E-state index in [9.17, 15) is 0 Å². The van der Waals surface area contributed by atoms with Gasteiger partial charge in [0.25, 0.3) is 0 Å². The van der Waals surface area contributed by atoms with Crippen molar-refractivity contribution in [1.29, 1.82) is 0 Å². The van der Waals surface area contributed by atoms with E-state index in [1.807, 2.05) is 25.1 Å². The fourth-order valence-electron chi connectivity index (χ4n) is 1.25. The van der Waals surface area contributed by atoms with Gasteiger partial charge in [0, 0.05) is 25.6 Å². The van der Waals surface area contributed by atoms with Gasteiger partial charge in [-0.2, -0.15) is 0 Å². The molecule has 0 atom stereocenters. The lowest BCUT2D eigenvalue weighted by Gasteiger charge is -1.94. The van der Waals surface area contributed by atoms with E-state index >= 15 is 0 Å². The molecule has 0 spiro atoms. The standard InChI is InChI=1S/C10H8BrClOS/c1-2-13-10-5-7-8(11)3-6(12)4-9(7)14-10/h3-5H,2H2,1H3. The molecule has 0 bridgehead atoms. The van der Waals surface area contributed by atoms with E-state index < -0.39 is 0 Å². The number of hydrogen-bond acceptors (Lipinski definition) is 2. The maximum Gasteiger partial charge on any atom is 0.174 e. The topological polar surface area (TPSA) is 9.23 Å². The van der Waals surface area contributed by atoms with Gasteiger partial charge in [0.1, 0.15) is 0 Å². The van der Waals surface area contributed by atoms with Crippen LogP contribution in [0.25, 0.3) is 10.1 Å². The second-order valence-electron chi connectivity index (χ2n) is 2.80. The van der Waals surface area contributed by atoms with Crippen molar-refractivity contribution in [2.75, 3.05) is 6.61 Å². The quantitative estimate of drug-likeness (QED) is 0.778. The van der Waals surface area contributed by atoms with Crippen molar-refractivity contribution in [3.63, 3.8) is 0 Å². The van der Waals surface area contributed by atoms with Crippen LogP contribution in [0.4, 0.5) is 0 Å². The highest BCUT2D eigenvalue weighted by atomic mass is 79.9. The zero-order valence-electron chi connectivity index (χ0n) is 7.51. The molecule has 0 aliphatic carbocycles. The zero-order valence-corrected chi connectivity index (χ0v) is 10.7. The molecular formula is C10H8BrClOS. The van der Waals surface area contributed by atoms with E-state index in [4.69, 9.17) is 16.3 Å². The number of hydrogen-bond donors (Lipinski definition) is 0. The van der Waals surface area contributed by atoms with Gasteiger partial charge < -0.3 is 4.74 Å². The van der Waals surface area contributed by atoms with Gasteiger partial charge in [-0.3, -0.25) is 0 Å². The fourth-order valence-corrected chi connectivity index (χ4v) is 3.41. The summed E-state index contributed by atoms with van der Waals surface area (Å²) in [5, 5.41) is 2.84. The Hall–Kier alpha value is -0.250. The highest BCUT2D eigenvalue weighted by Crippen LogP contribution is 2.37. The van der Waals surface area contributed by atoms with E-state index in [0.717, 1.165) is 24.6 Å². The molecule has 1 aromatic carbocycles. The minimum absolute atomic E-state index is 0.693. The van der Waals surface area contributed by atoms with Gasteiger partial charge >= 0.3 is 0 Å². The second kappa shape index (κ2) is 4.09. The Labute approximate surface area is 99.8 Å². The molecule has 0 radical (unpaired) electrons. The summed E-state index contributed by atoms with van der Waals surface area (Å²) in [6, 6.07) is 5.88. The molecule has 1 aromatic heterocycles. The summed E-state index contributed by atoms with van der Waals surface area (Å²) in [5.41, 5.74) is 0. The average molecular weight is 292 g/mol. The van der Waals surface area contributed by atoms with Gasteiger partial charge in [-0.15, -0.1) is 0 Å². The molecule has 74 valence electrons. The highest BCUT2D eigenvalue weighted by molar-refractivity contribution is 9.10. The van der Waals surface area contributed by atoms with Crippen LogP contribution in [0.3, 0.4) is 0 Å². The van der Waals surface area contributed by atoms with E-state index in [1.54, 1.807) is 11.3 Å². The van der Waals surface area contributed by atoms with Crippen LogP contribution >= 0.6 is 38.9 Å². The molecule has 14 heavy (non-hydrogen) atoms. The van der Waals surface area contributed by atoms with Gasteiger partial charge in [0.05, 0.1) is 6.61 Å². The van der Waals surface area contributed by atoms with Gasteiger partial charge in [0.2, 0.25) is 0 Å². The Kier molecular flexibility index (Phi) is 3.00. The Morgan fingerprint density at radius 2 is 2.21 bits per heavy atom. The average Bonchev–Trinajstić information content (AvgIpc) is 2.48. The summed E-state index contributed by atoms with van der Waals surface area (Å²) in [4.78, 5) is 0. The minimum Gasteiger partial charge on any atom is -0.484 e. The monoisotopic (exact) mass is 290 g/mol. The number of thiophene rings is 1. The van der Waals surface area contributed by atoms with Crippen LogP contribution in [-0.2, 0) is 0 Å². The van der Waals surface area contributed by atoms with Gasteiger partial charge in [-0.25, -0.2) is 0 Å². The molecule has 2 rings (SSSR count). The first-order chi connectivity index (χ1) is 6.70. The molecule has 0 amide bonds. The third kappa shape index (κ3) is 1.90. The van der Waals surface area contributed by atoms with E-state index in [-0.39, 0.29) is 0 Å². The van der Waals surface area contributed by atoms with Crippen molar-refractivity contribution in [3.8, 4) is 5.06 Å². The van der Waals surface area contributed by atoms with Crippen molar-refractivity contribution >= 4 is 49.0 Å². The largest absolute Gasteiger partial charge is 0.484 e. The number of ether oxygens (including phenoxy) is 1. The number of rotatable bonds is 2. The summed E-state index contributed by atoms with van der Waals surface area (Å²) in [5.74, 6) is 0. The molecule has 4 heteroatoms. The summed E-state index contributed by atoms with van der Waals surface area (Å²) in [6.45, 7) is 2.67. The number of halogens is 2. The van der Waals surface area contributed by atoms with Crippen LogP contribution in [0.1, 0.15) is 6.92 Å². The van der Waals surface area contributed by atoms with E-state index in [2.05, 4.69) is 15.9 Å². The first-order valence-corrected chi connectivity index (χ1v) is 6.21. The maximum atomic E-state index is 5.95. The normalized spacial score (nSPS) is 10.8. The summed E-state index contributed by atoms with van der Waals surface area (Å²) in [6.07, 6.45) is 0. The van der Waals surface area contributed by atoms with Crippen molar-refractivity contribution < 1.29 is 4.74 Å². The summed E-state index contributed by atoms with van der Waals surface area (Å²) < 4.78 is 7.60. The van der Waals surface area contributed by atoms with Crippen LogP contribution in [0, 0.1) is 0 Å². The van der Waals surface area contributed by atoms with Crippen molar-refractivity contribution in [3.05, 3.63) is 27.7 Å². The first kappa shape index (κ1) is 10.3. The smallest absolute Gasteiger partial charge is 0.174 e. The SMILES string of the molecule is CCOc1cc2c(Br)cc(Cl)cc2s1. The third-order valence-corrected chi connectivity index (χ3v) is 3.68. The molecule has 0 saturated heterocycles. The molecule has 1 nitrogen and oxygen atoms in total. The molecule has 0 N–H and O–H groups in total. The van der Waals surface area contributed by atoms with Crippen LogP contribution < -0.4 is 4.74 Å². The third-order valence-electron chi connectivity index (χ3n) is 1.82. The van der Waals surface area contributed by atoms with Crippen LogP contribution in [0.15, 0.2) is 22.7 Å². The zero-order chi connectivity index (χ0) is 10.1. The van der Waals surface area contributed by atoms with Crippen LogP contribution in [0.2, 0.25) is 5.02 Å². The van der Waals surface area contributed by atoms with Crippen molar-refractivity contribution in [2.45, 2.75) is 6.92 Å².